The maximum Gasteiger partial charge on any atom is 0.164 e. The van der Waals surface area contributed by atoms with Crippen LogP contribution >= 0.6 is 15.9 Å². The Morgan fingerprint density at radius 1 is 1.42 bits per heavy atom. The summed E-state index contributed by atoms with van der Waals surface area (Å²) in [5, 5.41) is 9.83. The van der Waals surface area contributed by atoms with Gasteiger partial charge in [0.05, 0.1) is 6.10 Å². The molecule has 2 rings (SSSR count). The summed E-state index contributed by atoms with van der Waals surface area (Å²) < 4.78 is 0.984. The fraction of sp³-hybridized carbons (Fsp3) is 0.533. The molecule has 104 valence electrons. The van der Waals surface area contributed by atoms with Crippen molar-refractivity contribution in [3.8, 4) is 0 Å². The van der Waals surface area contributed by atoms with E-state index in [0.717, 1.165) is 29.5 Å². The molecule has 19 heavy (non-hydrogen) atoms. The molecule has 2 atom stereocenters. The van der Waals surface area contributed by atoms with Crippen molar-refractivity contribution in [3.63, 3.8) is 0 Å². The predicted octanol–water partition coefficient (Wildman–Crippen LogP) is 2.72. The number of carbonyl (C=O) groups excluding carboxylic acids is 1. The first-order valence-corrected chi connectivity index (χ1v) is 7.55. The zero-order valence-electron chi connectivity index (χ0n) is 11.2. The summed E-state index contributed by atoms with van der Waals surface area (Å²) in [6.07, 6.45) is 1.27. The number of aliphatic hydroxyl groups excluding tert-OH is 1. The molecule has 1 N–H and O–H groups in total. The van der Waals surface area contributed by atoms with Crippen LogP contribution in [-0.2, 0) is 0 Å². The number of rotatable bonds is 4. The molecule has 1 heterocycles. The number of Topliss-reactive ketones (excluding diaryl/α,β-unsaturated/α-hetero) is 1. The molecule has 1 aromatic rings. The maximum absolute atomic E-state index is 12.0. The van der Waals surface area contributed by atoms with Crippen LogP contribution in [0, 0.1) is 5.92 Å². The van der Waals surface area contributed by atoms with Gasteiger partial charge in [0.2, 0.25) is 0 Å². The quantitative estimate of drug-likeness (QED) is 0.865. The number of nitrogens with zero attached hydrogens (tertiary/aromatic N) is 1. The maximum atomic E-state index is 12.0. The van der Waals surface area contributed by atoms with E-state index >= 15 is 0 Å². The second kappa shape index (κ2) is 6.64. The molecule has 0 amide bonds. The number of ketones is 1. The van der Waals surface area contributed by atoms with E-state index in [1.165, 1.54) is 0 Å². The number of piperidine rings is 1. The number of carbonyl (C=O) groups is 1. The molecule has 0 aromatic heterocycles. The minimum absolute atomic E-state index is 0.167. The van der Waals surface area contributed by atoms with Gasteiger partial charge in [0.15, 0.2) is 5.78 Å². The summed E-state index contributed by atoms with van der Waals surface area (Å²) in [5.41, 5.74) is 0.758. The molecule has 0 bridgehead atoms. The first-order valence-electron chi connectivity index (χ1n) is 6.75. The van der Waals surface area contributed by atoms with Crippen LogP contribution in [0.5, 0.6) is 0 Å². The molecule has 2 unspecified atom stereocenters. The van der Waals surface area contributed by atoms with E-state index < -0.39 is 0 Å². The minimum atomic E-state index is -0.253. The lowest BCUT2D eigenvalue weighted by Gasteiger charge is -2.34. The van der Waals surface area contributed by atoms with Crippen molar-refractivity contribution in [1.29, 1.82) is 0 Å². The Balaban J connectivity index is 1.82. The third kappa shape index (κ3) is 4.13. The van der Waals surface area contributed by atoms with E-state index in [-0.39, 0.29) is 11.9 Å². The van der Waals surface area contributed by atoms with E-state index in [4.69, 9.17) is 0 Å². The highest BCUT2D eigenvalue weighted by atomic mass is 79.9. The summed E-state index contributed by atoms with van der Waals surface area (Å²) in [7, 11) is 0. The number of β-amino-alcohol motifs (C(OH)–C–C–N with tert-alkyl or cyclic N) is 1. The smallest absolute Gasteiger partial charge is 0.164 e. The molecule has 1 aliphatic rings. The molecule has 0 saturated carbocycles. The van der Waals surface area contributed by atoms with Crippen LogP contribution in [0.2, 0.25) is 0 Å². The topological polar surface area (TPSA) is 40.5 Å². The number of halogens is 1. The fourth-order valence-electron chi connectivity index (χ4n) is 2.36. The van der Waals surface area contributed by atoms with E-state index in [1.54, 1.807) is 0 Å². The number of likely N-dealkylation sites (tertiary alicyclic amines) is 1. The highest BCUT2D eigenvalue weighted by Crippen LogP contribution is 2.17. The Morgan fingerprint density at radius 3 is 2.74 bits per heavy atom. The minimum Gasteiger partial charge on any atom is -0.392 e. The van der Waals surface area contributed by atoms with Crippen molar-refractivity contribution in [1.82, 2.24) is 4.90 Å². The van der Waals surface area contributed by atoms with Gasteiger partial charge in [-0.15, -0.1) is 0 Å². The number of benzene rings is 1. The first kappa shape index (κ1) is 14.7. The highest BCUT2D eigenvalue weighted by Gasteiger charge is 2.24. The lowest BCUT2D eigenvalue weighted by molar-refractivity contribution is 0.0287. The standard InChI is InChI=1S/C15H20BrNO2/c1-11-6-8-17(10-15(11)19)9-7-14(18)12-2-4-13(16)5-3-12/h2-5,11,15,19H,6-10H2,1H3. The van der Waals surface area contributed by atoms with Gasteiger partial charge in [-0.05, 0) is 31.0 Å². The van der Waals surface area contributed by atoms with Gasteiger partial charge in [0, 0.05) is 29.5 Å². The molecular weight excluding hydrogens is 306 g/mol. The first-order chi connectivity index (χ1) is 9.06. The van der Waals surface area contributed by atoms with Crippen LogP contribution in [0.1, 0.15) is 30.1 Å². The van der Waals surface area contributed by atoms with Gasteiger partial charge in [-0.25, -0.2) is 0 Å². The Hall–Kier alpha value is -0.710. The van der Waals surface area contributed by atoms with Gasteiger partial charge in [0.1, 0.15) is 0 Å². The lowest BCUT2D eigenvalue weighted by Crippen LogP contribution is -2.43. The molecule has 0 aliphatic carbocycles. The molecule has 0 spiro atoms. The van der Waals surface area contributed by atoms with E-state index in [1.807, 2.05) is 24.3 Å². The van der Waals surface area contributed by atoms with Gasteiger partial charge in [0.25, 0.3) is 0 Å². The van der Waals surface area contributed by atoms with Crippen molar-refractivity contribution in [2.75, 3.05) is 19.6 Å². The molecule has 1 saturated heterocycles. The van der Waals surface area contributed by atoms with Crippen LogP contribution in [0.3, 0.4) is 0 Å². The molecule has 3 nitrogen and oxygen atoms in total. The molecule has 0 radical (unpaired) electrons. The highest BCUT2D eigenvalue weighted by molar-refractivity contribution is 9.10. The van der Waals surface area contributed by atoms with Crippen molar-refractivity contribution >= 4 is 21.7 Å². The summed E-state index contributed by atoms with van der Waals surface area (Å²) in [5.74, 6) is 0.541. The average Bonchev–Trinajstić information content (AvgIpc) is 2.40. The summed E-state index contributed by atoms with van der Waals surface area (Å²) >= 11 is 3.36. The van der Waals surface area contributed by atoms with Crippen LogP contribution in [-0.4, -0.2) is 41.5 Å². The third-order valence-electron chi connectivity index (χ3n) is 3.82. The van der Waals surface area contributed by atoms with Gasteiger partial charge in [-0.2, -0.15) is 0 Å². The SMILES string of the molecule is CC1CCN(CCC(=O)c2ccc(Br)cc2)CC1O. The van der Waals surface area contributed by atoms with Gasteiger partial charge in [-0.3, -0.25) is 4.79 Å². The van der Waals surface area contributed by atoms with E-state index in [0.29, 0.717) is 18.9 Å². The van der Waals surface area contributed by atoms with E-state index in [9.17, 15) is 9.90 Å². The molecule has 1 aromatic carbocycles. The normalized spacial score (nSPS) is 24.4. The Kier molecular flexibility index (Phi) is 5.13. The summed E-state index contributed by atoms with van der Waals surface area (Å²) in [6.45, 7) is 4.48. The van der Waals surface area contributed by atoms with Crippen molar-refractivity contribution in [2.45, 2.75) is 25.9 Å². The van der Waals surface area contributed by atoms with Gasteiger partial charge < -0.3 is 10.0 Å². The Bertz CT molecular complexity index is 432. The second-order valence-electron chi connectivity index (χ2n) is 5.31. The number of hydrogen-bond donors (Lipinski definition) is 1. The zero-order chi connectivity index (χ0) is 13.8. The lowest BCUT2D eigenvalue weighted by atomic mass is 9.96. The van der Waals surface area contributed by atoms with Crippen LogP contribution in [0.15, 0.2) is 28.7 Å². The van der Waals surface area contributed by atoms with Crippen molar-refractivity contribution in [3.05, 3.63) is 34.3 Å². The van der Waals surface area contributed by atoms with Crippen LogP contribution in [0.25, 0.3) is 0 Å². The largest absolute Gasteiger partial charge is 0.392 e. The third-order valence-corrected chi connectivity index (χ3v) is 4.35. The van der Waals surface area contributed by atoms with Crippen molar-refractivity contribution in [2.24, 2.45) is 5.92 Å². The summed E-state index contributed by atoms with van der Waals surface area (Å²) in [6, 6.07) is 7.47. The predicted molar refractivity (Wildman–Crippen MR) is 79.3 cm³/mol. The second-order valence-corrected chi connectivity index (χ2v) is 6.23. The number of hydrogen-bond acceptors (Lipinski definition) is 3. The van der Waals surface area contributed by atoms with Crippen LogP contribution < -0.4 is 0 Å². The number of aliphatic hydroxyl groups is 1. The average molecular weight is 326 g/mol. The van der Waals surface area contributed by atoms with Crippen LogP contribution in [0.4, 0.5) is 0 Å². The monoisotopic (exact) mass is 325 g/mol. The Morgan fingerprint density at radius 2 is 2.11 bits per heavy atom. The molecule has 4 heteroatoms. The van der Waals surface area contributed by atoms with Crippen molar-refractivity contribution < 1.29 is 9.90 Å². The fourth-order valence-corrected chi connectivity index (χ4v) is 2.62. The Labute approximate surface area is 122 Å². The zero-order valence-corrected chi connectivity index (χ0v) is 12.8. The summed E-state index contributed by atoms with van der Waals surface area (Å²) in [4.78, 5) is 14.2. The molecular formula is C15H20BrNO2. The van der Waals surface area contributed by atoms with Gasteiger partial charge >= 0.3 is 0 Å². The van der Waals surface area contributed by atoms with Gasteiger partial charge in [-0.1, -0.05) is 35.0 Å². The molecule has 1 aliphatic heterocycles. The molecule has 1 fully saturated rings. The van der Waals surface area contributed by atoms with E-state index in [2.05, 4.69) is 27.8 Å².